The number of alkyl carbamates (subject to hydrolysis) is 1. The Morgan fingerprint density at radius 1 is 0.844 bits per heavy atom. The third kappa shape index (κ3) is 12.6. The molecule has 0 aromatic heterocycles. The van der Waals surface area contributed by atoms with Gasteiger partial charge in [-0.1, -0.05) is 73.9 Å². The molecule has 248 valence electrons. The van der Waals surface area contributed by atoms with E-state index in [2.05, 4.69) is 17.6 Å². The first-order chi connectivity index (χ1) is 20.9. The van der Waals surface area contributed by atoms with Crippen LogP contribution >= 0.6 is 0 Å². The summed E-state index contributed by atoms with van der Waals surface area (Å²) in [6.07, 6.45) is 1.88. The molecule has 0 bridgehead atoms. The molecule has 0 saturated heterocycles. The van der Waals surface area contributed by atoms with E-state index in [1.807, 2.05) is 62.4 Å². The van der Waals surface area contributed by atoms with Crippen LogP contribution in [0.2, 0.25) is 0 Å². The number of esters is 1. The topological polar surface area (TPSA) is 114 Å². The maximum Gasteiger partial charge on any atom is 0.408 e. The van der Waals surface area contributed by atoms with Crippen molar-refractivity contribution in [3.63, 3.8) is 0 Å². The Morgan fingerprint density at radius 2 is 1.47 bits per heavy atom. The zero-order chi connectivity index (χ0) is 33.9. The minimum atomic E-state index is -1.07. The maximum absolute atomic E-state index is 14.4. The predicted molar refractivity (Wildman–Crippen MR) is 177 cm³/mol. The number of carbonyl (C=O) groups excluding carboxylic acids is 4. The number of aryl methyl sites for hydroxylation is 2. The molecule has 2 rings (SSSR count). The van der Waals surface area contributed by atoms with E-state index in [0.717, 1.165) is 29.5 Å². The number of hydrogen-bond acceptors (Lipinski definition) is 6. The summed E-state index contributed by atoms with van der Waals surface area (Å²) in [5.74, 6) is -1.51. The fraction of sp³-hybridized carbons (Fsp3) is 0.556. The molecule has 0 spiro atoms. The van der Waals surface area contributed by atoms with Gasteiger partial charge in [0.25, 0.3) is 0 Å². The van der Waals surface area contributed by atoms with Crippen LogP contribution in [0.4, 0.5) is 4.79 Å². The fourth-order valence-electron chi connectivity index (χ4n) is 4.94. The number of amides is 3. The van der Waals surface area contributed by atoms with E-state index in [-0.39, 0.29) is 13.0 Å². The summed E-state index contributed by atoms with van der Waals surface area (Å²) < 4.78 is 11.1. The Bertz CT molecular complexity index is 1300. The van der Waals surface area contributed by atoms with Gasteiger partial charge in [0.05, 0.1) is 0 Å². The van der Waals surface area contributed by atoms with Crippen LogP contribution in [0, 0.1) is 13.8 Å². The van der Waals surface area contributed by atoms with Crippen LogP contribution in [0.25, 0.3) is 0 Å². The average molecular weight is 624 g/mol. The summed E-state index contributed by atoms with van der Waals surface area (Å²) in [6, 6.07) is 12.0. The molecule has 3 amide bonds. The standard InChI is InChI=1S/C36H53N3O6/c1-11-12-16-21-39(32(41)26(4)37-34(43)45-36(8,9)10)30(28-20-19-24(2)22-25(28)3)31(40)38-29(33(42)44-35(5,6)7)23-27-17-14-13-15-18-27/h13-15,17-20,22,26,29-30H,11-12,16,21,23H2,1-10H3,(H,37,43)(H,38,40). The van der Waals surface area contributed by atoms with Crippen molar-refractivity contribution in [3.8, 4) is 0 Å². The lowest BCUT2D eigenvalue weighted by Gasteiger charge is -2.35. The van der Waals surface area contributed by atoms with Gasteiger partial charge >= 0.3 is 12.1 Å². The Kier molecular flexibility index (Phi) is 13.6. The highest BCUT2D eigenvalue weighted by molar-refractivity contribution is 5.94. The number of nitrogens with one attached hydrogen (secondary N) is 2. The number of carbonyl (C=O) groups is 4. The molecule has 3 unspecified atom stereocenters. The third-order valence-corrected chi connectivity index (χ3v) is 6.96. The first kappa shape index (κ1) is 37.3. The third-order valence-electron chi connectivity index (χ3n) is 6.96. The molecule has 2 N–H and O–H groups in total. The van der Waals surface area contributed by atoms with E-state index >= 15 is 0 Å². The monoisotopic (exact) mass is 623 g/mol. The molecular formula is C36H53N3O6. The van der Waals surface area contributed by atoms with Gasteiger partial charge in [-0.2, -0.15) is 0 Å². The number of nitrogens with zero attached hydrogens (tertiary/aromatic N) is 1. The minimum Gasteiger partial charge on any atom is -0.458 e. The molecule has 45 heavy (non-hydrogen) atoms. The average Bonchev–Trinajstić information content (AvgIpc) is 2.91. The van der Waals surface area contributed by atoms with Gasteiger partial charge in [-0.05, 0) is 85.4 Å². The highest BCUT2D eigenvalue weighted by atomic mass is 16.6. The van der Waals surface area contributed by atoms with E-state index in [9.17, 15) is 19.2 Å². The van der Waals surface area contributed by atoms with Gasteiger partial charge in [-0.3, -0.25) is 9.59 Å². The number of rotatable bonds is 13. The van der Waals surface area contributed by atoms with E-state index in [1.54, 1.807) is 48.5 Å². The van der Waals surface area contributed by atoms with Gasteiger partial charge in [0.1, 0.15) is 29.3 Å². The lowest BCUT2D eigenvalue weighted by atomic mass is 9.95. The van der Waals surface area contributed by atoms with E-state index < -0.39 is 53.2 Å². The van der Waals surface area contributed by atoms with Crippen molar-refractivity contribution in [3.05, 3.63) is 70.8 Å². The highest BCUT2D eigenvalue weighted by Crippen LogP contribution is 2.28. The molecule has 0 heterocycles. The van der Waals surface area contributed by atoms with Gasteiger partial charge < -0.3 is 25.0 Å². The van der Waals surface area contributed by atoms with Crippen LogP contribution in [0.3, 0.4) is 0 Å². The fourth-order valence-corrected chi connectivity index (χ4v) is 4.94. The van der Waals surface area contributed by atoms with Crippen molar-refractivity contribution in [1.82, 2.24) is 15.5 Å². The second-order valence-electron chi connectivity index (χ2n) is 13.7. The van der Waals surface area contributed by atoms with Crippen LogP contribution in [0.5, 0.6) is 0 Å². The summed E-state index contributed by atoms with van der Waals surface area (Å²) in [4.78, 5) is 56.1. The summed E-state index contributed by atoms with van der Waals surface area (Å²) in [5.41, 5.74) is 1.81. The van der Waals surface area contributed by atoms with Crippen LogP contribution in [0.15, 0.2) is 48.5 Å². The molecule has 0 aliphatic carbocycles. The van der Waals surface area contributed by atoms with E-state index in [0.29, 0.717) is 12.0 Å². The Balaban J connectivity index is 2.57. The van der Waals surface area contributed by atoms with Crippen molar-refractivity contribution in [2.45, 2.75) is 124 Å². The van der Waals surface area contributed by atoms with E-state index in [1.165, 1.54) is 4.90 Å². The smallest absolute Gasteiger partial charge is 0.408 e. The molecule has 2 aromatic carbocycles. The Morgan fingerprint density at radius 3 is 2.02 bits per heavy atom. The van der Waals surface area contributed by atoms with Crippen LogP contribution in [0.1, 0.15) is 103 Å². The largest absolute Gasteiger partial charge is 0.458 e. The molecule has 0 radical (unpaired) electrons. The molecule has 0 saturated carbocycles. The van der Waals surface area contributed by atoms with Crippen molar-refractivity contribution in [2.24, 2.45) is 0 Å². The molecule has 0 aliphatic heterocycles. The van der Waals surface area contributed by atoms with Crippen LogP contribution < -0.4 is 10.6 Å². The quantitative estimate of drug-likeness (QED) is 0.199. The second kappa shape index (κ2) is 16.4. The van der Waals surface area contributed by atoms with Gasteiger partial charge in [-0.25, -0.2) is 9.59 Å². The van der Waals surface area contributed by atoms with E-state index in [4.69, 9.17) is 9.47 Å². The number of ether oxygens (including phenoxy) is 2. The normalized spacial score (nSPS) is 13.6. The first-order valence-electron chi connectivity index (χ1n) is 15.9. The van der Waals surface area contributed by atoms with Gasteiger partial charge in [0, 0.05) is 13.0 Å². The van der Waals surface area contributed by atoms with Gasteiger partial charge in [0.2, 0.25) is 11.8 Å². The Hall–Kier alpha value is -3.88. The molecule has 0 fully saturated rings. The SMILES string of the molecule is CCCCCN(C(=O)C(C)NC(=O)OC(C)(C)C)C(C(=O)NC(Cc1ccccc1)C(=O)OC(C)(C)C)c1ccc(C)cc1C. The van der Waals surface area contributed by atoms with Gasteiger partial charge in [-0.15, -0.1) is 0 Å². The Labute approximate surface area is 269 Å². The molecule has 3 atom stereocenters. The van der Waals surface area contributed by atoms with Crippen molar-refractivity contribution >= 4 is 23.9 Å². The van der Waals surface area contributed by atoms with Crippen molar-refractivity contribution < 1.29 is 28.7 Å². The second-order valence-corrected chi connectivity index (χ2v) is 13.7. The molecule has 0 aliphatic rings. The zero-order valence-electron chi connectivity index (χ0n) is 28.8. The van der Waals surface area contributed by atoms with Gasteiger partial charge in [0.15, 0.2) is 0 Å². The predicted octanol–water partition coefficient (Wildman–Crippen LogP) is 6.35. The summed E-state index contributed by atoms with van der Waals surface area (Å²) >= 11 is 0. The molecule has 9 nitrogen and oxygen atoms in total. The first-order valence-corrected chi connectivity index (χ1v) is 15.9. The highest BCUT2D eigenvalue weighted by Gasteiger charge is 2.37. The summed E-state index contributed by atoms with van der Waals surface area (Å²) in [5, 5.41) is 5.58. The molecule has 2 aromatic rings. The molecular weight excluding hydrogens is 570 g/mol. The zero-order valence-corrected chi connectivity index (χ0v) is 28.8. The minimum absolute atomic E-state index is 0.210. The lowest BCUT2D eigenvalue weighted by molar-refractivity contribution is -0.159. The van der Waals surface area contributed by atoms with Crippen LogP contribution in [-0.4, -0.2) is 58.6 Å². The van der Waals surface area contributed by atoms with Crippen molar-refractivity contribution in [1.29, 1.82) is 0 Å². The lowest BCUT2D eigenvalue weighted by Crippen LogP contribution is -2.54. The van der Waals surface area contributed by atoms with Crippen LogP contribution in [-0.2, 0) is 30.3 Å². The maximum atomic E-state index is 14.4. The molecule has 9 heteroatoms. The number of benzene rings is 2. The summed E-state index contributed by atoms with van der Waals surface area (Å²) in [6.45, 7) is 18.3. The number of unbranched alkanes of at least 4 members (excludes halogenated alkanes) is 2. The number of hydrogen-bond donors (Lipinski definition) is 2. The summed E-state index contributed by atoms with van der Waals surface area (Å²) in [7, 11) is 0. The van der Waals surface area contributed by atoms with Crippen molar-refractivity contribution in [2.75, 3.05) is 6.54 Å².